The lowest BCUT2D eigenvalue weighted by molar-refractivity contribution is 0.608. The van der Waals surface area contributed by atoms with Crippen LogP contribution in [-0.2, 0) is 0 Å². The molecule has 0 saturated carbocycles. The standard InChI is InChI=1S/C16H15ClFN3/c1-9(2)21-15-6-3-10(17)7-14(15)20-16(21)12-8-11(19)4-5-13(12)18/h3-9H,19H2,1-2H3. The van der Waals surface area contributed by atoms with Crippen molar-refractivity contribution in [3.63, 3.8) is 0 Å². The van der Waals surface area contributed by atoms with Gasteiger partial charge in [-0.05, 0) is 50.2 Å². The number of nitrogens with zero attached hydrogens (tertiary/aromatic N) is 2. The largest absolute Gasteiger partial charge is 0.399 e. The Morgan fingerprint density at radius 3 is 2.67 bits per heavy atom. The van der Waals surface area contributed by atoms with Crippen LogP contribution in [-0.4, -0.2) is 9.55 Å². The van der Waals surface area contributed by atoms with Crippen LogP contribution in [0, 0.1) is 5.82 Å². The Hall–Kier alpha value is -2.07. The van der Waals surface area contributed by atoms with Crippen LogP contribution >= 0.6 is 11.6 Å². The topological polar surface area (TPSA) is 43.8 Å². The number of halogens is 2. The molecule has 0 saturated heterocycles. The van der Waals surface area contributed by atoms with E-state index in [2.05, 4.69) is 4.98 Å². The maximum absolute atomic E-state index is 14.2. The second-order valence-electron chi connectivity index (χ2n) is 5.27. The minimum absolute atomic E-state index is 0.131. The Bertz CT molecular complexity index is 824. The minimum atomic E-state index is -0.340. The first-order chi connectivity index (χ1) is 9.97. The molecule has 3 rings (SSSR count). The summed E-state index contributed by atoms with van der Waals surface area (Å²) in [6.45, 7) is 4.06. The summed E-state index contributed by atoms with van der Waals surface area (Å²) in [5.74, 6) is 0.222. The molecule has 108 valence electrons. The zero-order chi connectivity index (χ0) is 15.1. The average molecular weight is 304 g/mol. The van der Waals surface area contributed by atoms with Crippen molar-refractivity contribution < 1.29 is 4.39 Å². The van der Waals surface area contributed by atoms with E-state index < -0.39 is 0 Å². The molecule has 5 heteroatoms. The number of rotatable bonds is 2. The molecule has 0 amide bonds. The fraction of sp³-hybridized carbons (Fsp3) is 0.188. The molecule has 2 N–H and O–H groups in total. The van der Waals surface area contributed by atoms with E-state index in [1.54, 1.807) is 12.1 Å². The van der Waals surface area contributed by atoms with Crippen molar-refractivity contribution >= 4 is 28.3 Å². The van der Waals surface area contributed by atoms with Gasteiger partial charge in [0.2, 0.25) is 0 Å². The molecule has 0 spiro atoms. The highest BCUT2D eigenvalue weighted by molar-refractivity contribution is 6.31. The van der Waals surface area contributed by atoms with E-state index in [1.165, 1.54) is 12.1 Å². The summed E-state index contributed by atoms with van der Waals surface area (Å²) in [6.07, 6.45) is 0. The van der Waals surface area contributed by atoms with Gasteiger partial charge in [-0.3, -0.25) is 0 Å². The van der Waals surface area contributed by atoms with Crippen LogP contribution in [0.1, 0.15) is 19.9 Å². The van der Waals surface area contributed by atoms with Gasteiger partial charge in [0.15, 0.2) is 0 Å². The highest BCUT2D eigenvalue weighted by Crippen LogP contribution is 2.32. The summed E-state index contributed by atoms with van der Waals surface area (Å²) >= 11 is 6.02. The SMILES string of the molecule is CC(C)n1c(-c2cc(N)ccc2F)nc2cc(Cl)ccc21. The van der Waals surface area contributed by atoms with Crippen LogP contribution in [0.4, 0.5) is 10.1 Å². The number of fused-ring (bicyclic) bond motifs is 1. The Balaban J connectivity index is 2.36. The summed E-state index contributed by atoms with van der Waals surface area (Å²) in [6, 6.07) is 10.1. The van der Waals surface area contributed by atoms with Gasteiger partial charge in [0.05, 0.1) is 16.6 Å². The number of nitrogen functional groups attached to an aromatic ring is 1. The van der Waals surface area contributed by atoms with Crippen molar-refractivity contribution in [1.29, 1.82) is 0 Å². The maximum Gasteiger partial charge on any atom is 0.144 e. The Labute approximate surface area is 127 Å². The van der Waals surface area contributed by atoms with E-state index in [0.717, 1.165) is 11.0 Å². The van der Waals surface area contributed by atoms with Gasteiger partial charge < -0.3 is 10.3 Å². The molecule has 0 aliphatic heterocycles. The average Bonchev–Trinajstić information content (AvgIpc) is 2.79. The van der Waals surface area contributed by atoms with Gasteiger partial charge in [-0.25, -0.2) is 9.37 Å². The molecule has 2 aromatic carbocycles. The number of nitrogens with two attached hydrogens (primary N) is 1. The van der Waals surface area contributed by atoms with Crippen LogP contribution in [0.2, 0.25) is 5.02 Å². The second kappa shape index (κ2) is 5.04. The first-order valence-electron chi connectivity index (χ1n) is 6.70. The fourth-order valence-corrected chi connectivity index (χ4v) is 2.67. The fourth-order valence-electron chi connectivity index (χ4n) is 2.50. The van der Waals surface area contributed by atoms with Crippen molar-refractivity contribution in [2.75, 3.05) is 5.73 Å². The van der Waals surface area contributed by atoms with Gasteiger partial charge in [0, 0.05) is 16.8 Å². The Morgan fingerprint density at radius 2 is 1.95 bits per heavy atom. The molecule has 3 nitrogen and oxygen atoms in total. The van der Waals surface area contributed by atoms with Gasteiger partial charge in [-0.15, -0.1) is 0 Å². The molecular weight excluding hydrogens is 289 g/mol. The summed E-state index contributed by atoms with van der Waals surface area (Å²) in [7, 11) is 0. The van der Waals surface area contributed by atoms with E-state index in [9.17, 15) is 4.39 Å². The molecule has 3 aromatic rings. The third-order valence-corrected chi connectivity index (χ3v) is 3.63. The van der Waals surface area contributed by atoms with Crippen LogP contribution in [0.15, 0.2) is 36.4 Å². The molecule has 21 heavy (non-hydrogen) atoms. The number of aromatic nitrogens is 2. The maximum atomic E-state index is 14.2. The summed E-state index contributed by atoms with van der Waals surface area (Å²) in [4.78, 5) is 4.55. The highest BCUT2D eigenvalue weighted by Gasteiger charge is 2.18. The van der Waals surface area contributed by atoms with E-state index in [-0.39, 0.29) is 11.9 Å². The summed E-state index contributed by atoms with van der Waals surface area (Å²) < 4.78 is 16.2. The van der Waals surface area contributed by atoms with Gasteiger partial charge in [-0.1, -0.05) is 11.6 Å². The number of benzene rings is 2. The van der Waals surface area contributed by atoms with Crippen molar-refractivity contribution in [2.24, 2.45) is 0 Å². The number of imidazole rings is 1. The zero-order valence-corrected chi connectivity index (χ0v) is 12.5. The van der Waals surface area contributed by atoms with Crippen LogP contribution in [0.3, 0.4) is 0 Å². The molecular formula is C16H15ClFN3. The van der Waals surface area contributed by atoms with Gasteiger partial charge in [0.25, 0.3) is 0 Å². The number of anilines is 1. The predicted octanol–water partition coefficient (Wildman–Crippen LogP) is 4.66. The first-order valence-corrected chi connectivity index (χ1v) is 7.08. The monoisotopic (exact) mass is 303 g/mol. The van der Waals surface area contributed by atoms with E-state index in [0.29, 0.717) is 22.1 Å². The first kappa shape index (κ1) is 13.9. The lowest BCUT2D eigenvalue weighted by atomic mass is 10.1. The van der Waals surface area contributed by atoms with E-state index in [1.807, 2.05) is 30.5 Å². The van der Waals surface area contributed by atoms with Crippen molar-refractivity contribution in [3.8, 4) is 11.4 Å². The van der Waals surface area contributed by atoms with E-state index >= 15 is 0 Å². The third-order valence-electron chi connectivity index (χ3n) is 3.40. The Morgan fingerprint density at radius 1 is 1.19 bits per heavy atom. The van der Waals surface area contributed by atoms with Crippen LogP contribution < -0.4 is 5.73 Å². The van der Waals surface area contributed by atoms with Gasteiger partial charge >= 0.3 is 0 Å². The lowest BCUT2D eigenvalue weighted by Crippen LogP contribution is -2.04. The van der Waals surface area contributed by atoms with Crippen molar-refractivity contribution in [3.05, 3.63) is 47.2 Å². The van der Waals surface area contributed by atoms with Crippen LogP contribution in [0.5, 0.6) is 0 Å². The molecule has 0 unspecified atom stereocenters. The minimum Gasteiger partial charge on any atom is -0.399 e. The molecule has 1 aromatic heterocycles. The molecule has 0 aliphatic carbocycles. The lowest BCUT2D eigenvalue weighted by Gasteiger charge is -2.14. The van der Waals surface area contributed by atoms with Crippen molar-refractivity contribution in [1.82, 2.24) is 9.55 Å². The third kappa shape index (κ3) is 2.36. The Kier molecular flexibility index (Phi) is 3.33. The van der Waals surface area contributed by atoms with Crippen LogP contribution in [0.25, 0.3) is 22.4 Å². The number of hydrogen-bond acceptors (Lipinski definition) is 2. The number of hydrogen-bond donors (Lipinski definition) is 1. The van der Waals surface area contributed by atoms with Gasteiger partial charge in [0.1, 0.15) is 11.6 Å². The molecule has 0 bridgehead atoms. The smallest absolute Gasteiger partial charge is 0.144 e. The van der Waals surface area contributed by atoms with Gasteiger partial charge in [-0.2, -0.15) is 0 Å². The molecule has 0 aliphatic rings. The quantitative estimate of drug-likeness (QED) is 0.700. The second-order valence-corrected chi connectivity index (χ2v) is 5.71. The molecule has 0 atom stereocenters. The summed E-state index contributed by atoms with van der Waals surface area (Å²) in [5.41, 5.74) is 8.36. The van der Waals surface area contributed by atoms with Crippen molar-refractivity contribution in [2.45, 2.75) is 19.9 Å². The zero-order valence-electron chi connectivity index (χ0n) is 11.8. The highest BCUT2D eigenvalue weighted by atomic mass is 35.5. The normalized spacial score (nSPS) is 11.5. The van der Waals surface area contributed by atoms with E-state index in [4.69, 9.17) is 17.3 Å². The predicted molar refractivity (Wildman–Crippen MR) is 84.9 cm³/mol. The molecule has 0 fully saturated rings. The molecule has 0 radical (unpaired) electrons. The molecule has 1 heterocycles. The summed E-state index contributed by atoms with van der Waals surface area (Å²) in [5, 5.41) is 0.607.